The number of aliphatic hydroxyl groups excluding tert-OH is 1. The molecule has 1 heterocycles. The van der Waals surface area contributed by atoms with E-state index in [1.165, 1.54) is 6.07 Å². The number of rotatable bonds is 3. The fourth-order valence-corrected chi connectivity index (χ4v) is 2.34. The predicted octanol–water partition coefficient (Wildman–Crippen LogP) is 2.98. The molecule has 0 bridgehead atoms. The first-order chi connectivity index (χ1) is 8.16. The summed E-state index contributed by atoms with van der Waals surface area (Å²) in [6.45, 7) is 3.42. The summed E-state index contributed by atoms with van der Waals surface area (Å²) >= 11 is 0. The van der Waals surface area contributed by atoms with Crippen LogP contribution in [0.4, 0.5) is 4.39 Å². The van der Waals surface area contributed by atoms with Crippen molar-refractivity contribution in [2.24, 2.45) is 5.92 Å². The first-order valence-electron chi connectivity index (χ1n) is 6.18. The number of benzene rings is 1. The molecule has 0 radical (unpaired) electrons. The fourth-order valence-electron chi connectivity index (χ4n) is 2.34. The van der Waals surface area contributed by atoms with Crippen LogP contribution in [-0.2, 0) is 4.74 Å². The zero-order valence-corrected chi connectivity index (χ0v) is 10.2. The van der Waals surface area contributed by atoms with Crippen molar-refractivity contribution in [3.8, 4) is 0 Å². The van der Waals surface area contributed by atoms with Gasteiger partial charge in [-0.1, -0.05) is 17.7 Å². The zero-order chi connectivity index (χ0) is 12.3. The van der Waals surface area contributed by atoms with E-state index in [1.54, 1.807) is 12.1 Å². The monoisotopic (exact) mass is 238 g/mol. The third-order valence-corrected chi connectivity index (χ3v) is 3.41. The van der Waals surface area contributed by atoms with Gasteiger partial charge in [0.25, 0.3) is 0 Å². The summed E-state index contributed by atoms with van der Waals surface area (Å²) in [6.07, 6.45) is 1.86. The molecule has 0 spiro atoms. The maximum Gasteiger partial charge on any atom is 0.129 e. The molecular weight excluding hydrogens is 219 g/mol. The van der Waals surface area contributed by atoms with E-state index in [4.69, 9.17) is 4.74 Å². The highest BCUT2D eigenvalue weighted by atomic mass is 19.1. The summed E-state index contributed by atoms with van der Waals surface area (Å²) in [5.41, 5.74) is 1.41. The number of aliphatic hydroxyl groups is 1. The minimum atomic E-state index is -0.696. The van der Waals surface area contributed by atoms with E-state index in [1.807, 2.05) is 6.92 Å². The molecule has 1 saturated heterocycles. The van der Waals surface area contributed by atoms with Crippen molar-refractivity contribution in [1.29, 1.82) is 0 Å². The van der Waals surface area contributed by atoms with Gasteiger partial charge in [-0.25, -0.2) is 4.39 Å². The van der Waals surface area contributed by atoms with Crippen LogP contribution in [0.25, 0.3) is 0 Å². The molecule has 1 aliphatic heterocycles. The average molecular weight is 238 g/mol. The Morgan fingerprint density at radius 2 is 2.12 bits per heavy atom. The Bertz CT molecular complexity index is 372. The molecule has 0 saturated carbocycles. The van der Waals surface area contributed by atoms with Gasteiger partial charge in [0, 0.05) is 18.8 Å². The van der Waals surface area contributed by atoms with Gasteiger partial charge in [-0.2, -0.15) is 0 Å². The molecule has 17 heavy (non-hydrogen) atoms. The molecule has 3 heteroatoms. The van der Waals surface area contributed by atoms with E-state index >= 15 is 0 Å². The molecule has 0 aromatic heterocycles. The van der Waals surface area contributed by atoms with Gasteiger partial charge in [0.1, 0.15) is 5.82 Å². The highest BCUT2D eigenvalue weighted by Crippen LogP contribution is 2.29. The molecule has 1 aromatic carbocycles. The van der Waals surface area contributed by atoms with E-state index < -0.39 is 6.10 Å². The summed E-state index contributed by atoms with van der Waals surface area (Å²) in [7, 11) is 0. The minimum absolute atomic E-state index is 0.310. The van der Waals surface area contributed by atoms with E-state index in [-0.39, 0.29) is 5.82 Å². The van der Waals surface area contributed by atoms with Crippen molar-refractivity contribution in [3.63, 3.8) is 0 Å². The first-order valence-corrected chi connectivity index (χ1v) is 6.18. The summed E-state index contributed by atoms with van der Waals surface area (Å²) in [5, 5.41) is 10.1. The Hall–Kier alpha value is -0.930. The molecule has 1 aliphatic rings. The van der Waals surface area contributed by atoms with Crippen LogP contribution >= 0.6 is 0 Å². The molecule has 2 rings (SSSR count). The highest BCUT2D eigenvalue weighted by Gasteiger charge is 2.20. The molecule has 0 aliphatic carbocycles. The molecule has 1 atom stereocenters. The minimum Gasteiger partial charge on any atom is -0.388 e. The third-order valence-electron chi connectivity index (χ3n) is 3.41. The second kappa shape index (κ2) is 5.61. The lowest BCUT2D eigenvalue weighted by Crippen LogP contribution is -2.18. The molecule has 2 nitrogen and oxygen atoms in total. The normalized spacial score (nSPS) is 19.2. The Morgan fingerprint density at radius 3 is 2.82 bits per heavy atom. The van der Waals surface area contributed by atoms with E-state index in [9.17, 15) is 9.50 Å². The largest absolute Gasteiger partial charge is 0.388 e. The Kier molecular flexibility index (Phi) is 4.13. The Balaban J connectivity index is 2.02. The van der Waals surface area contributed by atoms with Crippen LogP contribution in [0.3, 0.4) is 0 Å². The second-order valence-electron chi connectivity index (χ2n) is 4.83. The van der Waals surface area contributed by atoms with Gasteiger partial charge in [-0.15, -0.1) is 0 Å². The maximum atomic E-state index is 13.6. The predicted molar refractivity (Wildman–Crippen MR) is 64.3 cm³/mol. The third kappa shape index (κ3) is 3.27. The van der Waals surface area contributed by atoms with Crippen LogP contribution in [0.1, 0.15) is 36.5 Å². The van der Waals surface area contributed by atoms with E-state index in [0.717, 1.165) is 31.6 Å². The maximum absolute atomic E-state index is 13.6. The fraction of sp³-hybridized carbons (Fsp3) is 0.571. The van der Waals surface area contributed by atoms with Gasteiger partial charge >= 0.3 is 0 Å². The number of ether oxygens (including phenoxy) is 1. The zero-order valence-electron chi connectivity index (χ0n) is 10.2. The molecular formula is C14H19FO2. The summed E-state index contributed by atoms with van der Waals surface area (Å²) in [4.78, 5) is 0. The summed E-state index contributed by atoms with van der Waals surface area (Å²) in [5.74, 6) is 0.133. The lowest BCUT2D eigenvalue weighted by atomic mass is 9.90. The first kappa shape index (κ1) is 12.5. The summed E-state index contributed by atoms with van der Waals surface area (Å²) < 4.78 is 18.9. The van der Waals surface area contributed by atoms with Crippen molar-refractivity contribution < 1.29 is 14.2 Å². The lowest BCUT2D eigenvalue weighted by molar-refractivity contribution is 0.0428. The number of aryl methyl sites for hydroxylation is 1. The molecule has 1 fully saturated rings. The van der Waals surface area contributed by atoms with Gasteiger partial charge in [0.15, 0.2) is 0 Å². The van der Waals surface area contributed by atoms with Crippen molar-refractivity contribution in [2.75, 3.05) is 13.2 Å². The van der Waals surface area contributed by atoms with Crippen molar-refractivity contribution in [3.05, 3.63) is 35.1 Å². The topological polar surface area (TPSA) is 29.5 Å². The molecule has 1 aromatic rings. The summed E-state index contributed by atoms with van der Waals surface area (Å²) in [6, 6.07) is 4.89. The number of hydrogen-bond donors (Lipinski definition) is 1. The van der Waals surface area contributed by atoms with E-state index in [2.05, 4.69) is 0 Å². The van der Waals surface area contributed by atoms with Crippen LogP contribution in [0.15, 0.2) is 18.2 Å². The van der Waals surface area contributed by atoms with Gasteiger partial charge in [0.05, 0.1) is 6.10 Å². The van der Waals surface area contributed by atoms with Gasteiger partial charge < -0.3 is 9.84 Å². The van der Waals surface area contributed by atoms with Crippen molar-refractivity contribution in [2.45, 2.75) is 32.3 Å². The number of halogens is 1. The Morgan fingerprint density at radius 1 is 1.41 bits per heavy atom. The van der Waals surface area contributed by atoms with Crippen LogP contribution in [0.5, 0.6) is 0 Å². The van der Waals surface area contributed by atoms with Gasteiger partial charge in [-0.3, -0.25) is 0 Å². The highest BCUT2D eigenvalue weighted by molar-refractivity contribution is 5.25. The van der Waals surface area contributed by atoms with Crippen LogP contribution in [-0.4, -0.2) is 18.3 Å². The smallest absolute Gasteiger partial charge is 0.129 e. The lowest BCUT2D eigenvalue weighted by Gasteiger charge is -2.24. The molecule has 0 amide bonds. The van der Waals surface area contributed by atoms with Gasteiger partial charge in [0.2, 0.25) is 0 Å². The van der Waals surface area contributed by atoms with Crippen molar-refractivity contribution >= 4 is 0 Å². The molecule has 1 unspecified atom stereocenters. The van der Waals surface area contributed by atoms with Crippen LogP contribution < -0.4 is 0 Å². The Labute approximate surface area is 101 Å². The molecule has 1 N–H and O–H groups in total. The quantitative estimate of drug-likeness (QED) is 0.877. The van der Waals surface area contributed by atoms with Gasteiger partial charge in [-0.05, 0) is 38.2 Å². The average Bonchev–Trinajstić information content (AvgIpc) is 2.33. The van der Waals surface area contributed by atoms with Crippen LogP contribution in [0.2, 0.25) is 0 Å². The molecule has 94 valence electrons. The van der Waals surface area contributed by atoms with E-state index in [0.29, 0.717) is 17.9 Å². The SMILES string of the molecule is Cc1ccc(F)c(C(O)CC2CCOCC2)c1. The van der Waals surface area contributed by atoms with Crippen LogP contribution in [0, 0.1) is 18.7 Å². The van der Waals surface area contributed by atoms with Crippen molar-refractivity contribution in [1.82, 2.24) is 0 Å². The second-order valence-corrected chi connectivity index (χ2v) is 4.83. The number of hydrogen-bond acceptors (Lipinski definition) is 2. The standard InChI is InChI=1S/C14H19FO2/c1-10-2-3-13(15)12(8-10)14(16)9-11-4-6-17-7-5-11/h2-3,8,11,14,16H,4-7,9H2,1H3.